The van der Waals surface area contributed by atoms with Crippen molar-refractivity contribution >= 4 is 33.2 Å². The second-order valence-electron chi connectivity index (χ2n) is 6.25. The number of hydrogen-bond donors (Lipinski definition) is 0. The van der Waals surface area contributed by atoms with Crippen molar-refractivity contribution in [2.75, 3.05) is 6.61 Å². The minimum Gasteiger partial charge on any atom is -0.266 e. The van der Waals surface area contributed by atoms with E-state index in [1.165, 1.54) is 32.1 Å². The van der Waals surface area contributed by atoms with E-state index in [4.69, 9.17) is 4.18 Å². The van der Waals surface area contributed by atoms with Gasteiger partial charge < -0.3 is 0 Å². The molecule has 1 rings (SSSR count). The van der Waals surface area contributed by atoms with Crippen molar-refractivity contribution in [3.63, 3.8) is 0 Å². The topological polar surface area (TPSA) is 43.4 Å². The summed E-state index contributed by atoms with van der Waals surface area (Å²) in [6.45, 7) is 4.82. The average Bonchev–Trinajstić information content (AvgIpc) is 2.49. The van der Waals surface area contributed by atoms with E-state index in [-0.39, 0.29) is 34.6 Å². The second-order valence-corrected chi connectivity index (χ2v) is 7.86. The van der Waals surface area contributed by atoms with Crippen LogP contribution in [0.1, 0.15) is 65.2 Å². The van der Waals surface area contributed by atoms with Gasteiger partial charge in [-0.3, -0.25) is 4.18 Å². The summed E-state index contributed by atoms with van der Waals surface area (Å²) in [6.07, 6.45) is 9.50. The molecule has 0 unspecified atom stereocenters. The highest BCUT2D eigenvalue weighted by Gasteiger charge is 2.13. The Bertz CT molecular complexity index is 486. The molecular formula is C18H32MgO3S. The highest BCUT2D eigenvalue weighted by atomic mass is 32.2. The summed E-state index contributed by atoms with van der Waals surface area (Å²) in [4.78, 5) is 0.236. The first-order chi connectivity index (χ1) is 10.5. The Morgan fingerprint density at radius 3 is 1.96 bits per heavy atom. The average molecular weight is 353 g/mol. The van der Waals surface area contributed by atoms with Gasteiger partial charge in [-0.05, 0) is 24.5 Å². The summed E-state index contributed by atoms with van der Waals surface area (Å²) in [5.74, 6) is 0.809. The number of unbranched alkanes of at least 4 members (excludes halogenated alkanes) is 6. The van der Waals surface area contributed by atoms with Crippen molar-refractivity contribution in [1.82, 2.24) is 0 Å². The molecule has 130 valence electrons. The number of hydrogen-bond acceptors (Lipinski definition) is 3. The lowest BCUT2D eigenvalue weighted by Crippen LogP contribution is -2.07. The Labute approximate surface area is 158 Å². The van der Waals surface area contributed by atoms with Crippen LogP contribution in [0.3, 0.4) is 0 Å². The summed E-state index contributed by atoms with van der Waals surface area (Å²) in [5.41, 5.74) is 0. The zero-order valence-corrected chi connectivity index (χ0v) is 14.8. The number of benzene rings is 1. The van der Waals surface area contributed by atoms with Crippen molar-refractivity contribution in [3.05, 3.63) is 30.3 Å². The fraction of sp³-hybridized carbons (Fsp3) is 0.667. The van der Waals surface area contributed by atoms with Gasteiger partial charge in [-0.2, -0.15) is 8.42 Å². The van der Waals surface area contributed by atoms with Crippen LogP contribution in [-0.2, 0) is 14.3 Å². The molecule has 0 saturated carbocycles. The quantitative estimate of drug-likeness (QED) is 0.321. The minimum atomic E-state index is -3.57. The summed E-state index contributed by atoms with van der Waals surface area (Å²) < 4.78 is 28.8. The van der Waals surface area contributed by atoms with Crippen LogP contribution in [0.2, 0.25) is 0 Å². The maximum atomic E-state index is 11.9. The molecule has 1 aromatic carbocycles. The normalized spacial score (nSPS) is 11.4. The van der Waals surface area contributed by atoms with Gasteiger partial charge in [0.2, 0.25) is 0 Å². The first kappa shape index (κ1) is 22.9. The predicted octanol–water partition coefficient (Wildman–Crippen LogP) is 4.25. The van der Waals surface area contributed by atoms with Gasteiger partial charge in [0.1, 0.15) is 0 Å². The molecule has 5 heteroatoms. The van der Waals surface area contributed by atoms with E-state index in [2.05, 4.69) is 13.8 Å². The molecule has 0 radical (unpaired) electrons. The third-order valence-corrected chi connectivity index (χ3v) is 5.02. The van der Waals surface area contributed by atoms with Crippen LogP contribution in [0.5, 0.6) is 0 Å². The van der Waals surface area contributed by atoms with Crippen LogP contribution < -0.4 is 0 Å². The SMILES string of the molecule is CC(C)CCCCCCCCCOS(=O)(=O)c1ccccc1.[MgH2]. The molecule has 0 aliphatic rings. The Morgan fingerprint density at radius 2 is 1.39 bits per heavy atom. The first-order valence-corrected chi connectivity index (χ1v) is 9.87. The molecule has 0 fully saturated rings. The molecule has 0 atom stereocenters. The Kier molecular flexibility index (Phi) is 13.2. The Balaban J connectivity index is 0.00000484. The maximum Gasteiger partial charge on any atom is 0.316 e. The monoisotopic (exact) mass is 352 g/mol. The van der Waals surface area contributed by atoms with E-state index >= 15 is 0 Å². The zero-order chi connectivity index (χ0) is 16.3. The van der Waals surface area contributed by atoms with E-state index in [1.807, 2.05) is 0 Å². The fourth-order valence-electron chi connectivity index (χ4n) is 2.36. The minimum absolute atomic E-state index is 0. The van der Waals surface area contributed by atoms with Crippen molar-refractivity contribution in [2.45, 2.75) is 70.1 Å². The van der Waals surface area contributed by atoms with Gasteiger partial charge in [-0.1, -0.05) is 77.0 Å². The molecular weight excluding hydrogens is 321 g/mol. The summed E-state index contributed by atoms with van der Waals surface area (Å²) in [7, 11) is -3.57. The van der Waals surface area contributed by atoms with Crippen LogP contribution in [0.15, 0.2) is 35.2 Å². The smallest absolute Gasteiger partial charge is 0.266 e. The predicted molar refractivity (Wildman–Crippen MR) is 99.9 cm³/mol. The van der Waals surface area contributed by atoms with Crippen LogP contribution in [0.4, 0.5) is 0 Å². The number of rotatable bonds is 12. The van der Waals surface area contributed by atoms with Crippen molar-refractivity contribution in [2.24, 2.45) is 5.92 Å². The first-order valence-electron chi connectivity index (χ1n) is 8.47. The lowest BCUT2D eigenvalue weighted by atomic mass is 10.0. The molecule has 0 N–H and O–H groups in total. The van der Waals surface area contributed by atoms with E-state index < -0.39 is 10.1 Å². The zero-order valence-electron chi connectivity index (χ0n) is 14.0. The molecule has 0 aliphatic carbocycles. The van der Waals surface area contributed by atoms with Gasteiger partial charge in [-0.15, -0.1) is 0 Å². The van der Waals surface area contributed by atoms with Gasteiger partial charge >= 0.3 is 23.1 Å². The van der Waals surface area contributed by atoms with Gasteiger partial charge in [-0.25, -0.2) is 0 Å². The molecule has 23 heavy (non-hydrogen) atoms. The van der Waals surface area contributed by atoms with E-state index in [9.17, 15) is 8.42 Å². The Hall–Kier alpha value is -0.104. The molecule has 0 spiro atoms. The van der Waals surface area contributed by atoms with Gasteiger partial charge in [0.05, 0.1) is 11.5 Å². The molecule has 0 aromatic heterocycles. The molecule has 0 amide bonds. The Morgan fingerprint density at radius 1 is 0.870 bits per heavy atom. The molecule has 3 nitrogen and oxygen atoms in total. The largest absolute Gasteiger partial charge is 0.316 e. The van der Waals surface area contributed by atoms with Crippen molar-refractivity contribution < 1.29 is 12.6 Å². The van der Waals surface area contributed by atoms with Crippen LogP contribution in [0.25, 0.3) is 0 Å². The molecule has 0 bridgehead atoms. The maximum absolute atomic E-state index is 11.9. The highest BCUT2D eigenvalue weighted by molar-refractivity contribution is 7.86. The van der Waals surface area contributed by atoms with Crippen LogP contribution in [0, 0.1) is 5.92 Å². The molecule has 0 saturated heterocycles. The van der Waals surface area contributed by atoms with Crippen molar-refractivity contribution in [1.29, 1.82) is 0 Å². The van der Waals surface area contributed by atoms with Crippen LogP contribution in [-0.4, -0.2) is 38.1 Å². The molecule has 0 heterocycles. The standard InChI is InChI=1S/C18H30O3S.Mg.2H/c1-17(2)13-9-6-4-3-5-7-12-16-21-22(19,20)18-14-10-8-11-15-18;;;/h8,10-11,14-15,17H,3-7,9,12-13,16H2,1-2H3;;;. The third-order valence-electron chi connectivity index (χ3n) is 3.70. The van der Waals surface area contributed by atoms with Gasteiger partial charge in [0.25, 0.3) is 10.1 Å². The van der Waals surface area contributed by atoms with E-state index in [0.717, 1.165) is 25.2 Å². The van der Waals surface area contributed by atoms with Gasteiger partial charge in [0, 0.05) is 0 Å². The summed E-state index contributed by atoms with van der Waals surface area (Å²) in [5, 5.41) is 0. The van der Waals surface area contributed by atoms with E-state index in [0.29, 0.717) is 0 Å². The fourth-order valence-corrected chi connectivity index (χ4v) is 3.33. The highest BCUT2D eigenvalue weighted by Crippen LogP contribution is 2.14. The lowest BCUT2D eigenvalue weighted by Gasteiger charge is -2.06. The summed E-state index contributed by atoms with van der Waals surface area (Å²) >= 11 is 0. The molecule has 1 aromatic rings. The van der Waals surface area contributed by atoms with Crippen molar-refractivity contribution in [3.8, 4) is 0 Å². The lowest BCUT2D eigenvalue weighted by molar-refractivity contribution is 0.306. The van der Waals surface area contributed by atoms with Gasteiger partial charge in [0.15, 0.2) is 0 Å². The molecule has 0 aliphatic heterocycles. The van der Waals surface area contributed by atoms with Crippen LogP contribution >= 0.6 is 0 Å². The van der Waals surface area contributed by atoms with E-state index in [1.54, 1.807) is 30.3 Å². The summed E-state index contributed by atoms with van der Waals surface area (Å²) in [6, 6.07) is 8.32. The third kappa shape index (κ3) is 11.1. The second kappa shape index (κ2) is 13.2.